The van der Waals surface area contributed by atoms with Crippen molar-refractivity contribution >= 4 is 22.4 Å². The van der Waals surface area contributed by atoms with Crippen molar-refractivity contribution in [2.45, 2.75) is 5.92 Å². The molecular formula is C22H17NO4. The van der Waals surface area contributed by atoms with Gasteiger partial charge in [-0.1, -0.05) is 36.4 Å². The number of carbonyl (C=O) groups is 1. The molecule has 0 aliphatic carbocycles. The first-order valence-electron chi connectivity index (χ1n) is 8.73. The van der Waals surface area contributed by atoms with Crippen LogP contribution in [0.4, 0.5) is 5.69 Å². The number of phenolic OH excluding ortho intramolecular Hbond substituents is 1. The molecule has 3 aromatic rings. The van der Waals surface area contributed by atoms with Crippen molar-refractivity contribution in [2.24, 2.45) is 5.92 Å². The van der Waals surface area contributed by atoms with Gasteiger partial charge in [0.15, 0.2) is 11.5 Å². The number of esters is 1. The summed E-state index contributed by atoms with van der Waals surface area (Å²) in [6, 6.07) is 17.4. The van der Waals surface area contributed by atoms with Crippen molar-refractivity contribution in [2.75, 3.05) is 12.4 Å². The van der Waals surface area contributed by atoms with Gasteiger partial charge in [-0.25, -0.2) is 0 Å². The van der Waals surface area contributed by atoms with E-state index < -0.39 is 5.92 Å². The van der Waals surface area contributed by atoms with Gasteiger partial charge < -0.3 is 19.9 Å². The molecule has 0 saturated heterocycles. The molecule has 0 aromatic heterocycles. The van der Waals surface area contributed by atoms with Crippen LogP contribution in [0.5, 0.6) is 11.5 Å². The van der Waals surface area contributed by atoms with Crippen LogP contribution in [0.15, 0.2) is 66.6 Å². The molecule has 0 amide bonds. The van der Waals surface area contributed by atoms with E-state index in [4.69, 9.17) is 9.47 Å². The van der Waals surface area contributed by atoms with Crippen LogP contribution >= 0.6 is 0 Å². The number of hydrogen-bond acceptors (Lipinski definition) is 5. The first-order chi connectivity index (χ1) is 13.2. The minimum Gasteiger partial charge on any atom is -0.504 e. The Balaban J connectivity index is 1.81. The topological polar surface area (TPSA) is 67.8 Å². The molecule has 0 radical (unpaired) electrons. The van der Waals surface area contributed by atoms with E-state index in [2.05, 4.69) is 23.5 Å². The predicted octanol–water partition coefficient (Wildman–Crippen LogP) is 4.13. The van der Waals surface area contributed by atoms with Gasteiger partial charge in [0, 0.05) is 11.6 Å². The molecule has 5 nitrogen and oxygen atoms in total. The van der Waals surface area contributed by atoms with Crippen molar-refractivity contribution in [3.8, 4) is 11.5 Å². The average Bonchev–Trinajstić information content (AvgIpc) is 3.07. The fraction of sp³-hybridized carbons (Fsp3) is 0.136. The lowest BCUT2D eigenvalue weighted by Gasteiger charge is -2.33. The van der Waals surface area contributed by atoms with E-state index in [1.54, 1.807) is 12.1 Å². The van der Waals surface area contributed by atoms with E-state index in [0.29, 0.717) is 5.75 Å². The number of ether oxygens (including phenoxy) is 2. The number of hydrogen-bond donors (Lipinski definition) is 2. The molecule has 2 N–H and O–H groups in total. The van der Waals surface area contributed by atoms with E-state index in [-0.39, 0.29) is 17.6 Å². The molecule has 2 atom stereocenters. The summed E-state index contributed by atoms with van der Waals surface area (Å²) in [5, 5.41) is 15.5. The predicted molar refractivity (Wildman–Crippen MR) is 102 cm³/mol. The normalized spacial score (nSPS) is 20.3. The highest BCUT2D eigenvalue weighted by atomic mass is 16.5. The molecule has 27 heavy (non-hydrogen) atoms. The molecule has 5 heteroatoms. The molecule has 5 rings (SSSR count). The summed E-state index contributed by atoms with van der Waals surface area (Å²) in [7, 11) is 1.51. The molecule has 0 unspecified atom stereocenters. The Morgan fingerprint density at radius 2 is 1.93 bits per heavy atom. The van der Waals surface area contributed by atoms with Crippen molar-refractivity contribution in [3.05, 3.63) is 77.7 Å². The highest BCUT2D eigenvalue weighted by Crippen LogP contribution is 2.50. The summed E-state index contributed by atoms with van der Waals surface area (Å²) < 4.78 is 10.5. The minimum absolute atomic E-state index is 0.0677. The van der Waals surface area contributed by atoms with E-state index in [1.165, 1.54) is 13.4 Å². The molecule has 134 valence electrons. The third kappa shape index (κ3) is 2.28. The minimum atomic E-state index is -0.461. The zero-order valence-electron chi connectivity index (χ0n) is 14.6. The maximum atomic E-state index is 12.6. The first kappa shape index (κ1) is 15.8. The second-order valence-corrected chi connectivity index (χ2v) is 6.77. The molecule has 2 aliphatic rings. The second kappa shape index (κ2) is 5.77. The van der Waals surface area contributed by atoms with Crippen LogP contribution in [-0.2, 0) is 9.53 Å². The maximum Gasteiger partial charge on any atom is 0.320 e. The van der Waals surface area contributed by atoms with Gasteiger partial charge in [-0.3, -0.25) is 4.79 Å². The van der Waals surface area contributed by atoms with Gasteiger partial charge in [-0.15, -0.1) is 0 Å². The molecule has 0 spiro atoms. The van der Waals surface area contributed by atoms with Gasteiger partial charge in [0.05, 0.1) is 12.8 Å². The van der Waals surface area contributed by atoms with Crippen LogP contribution < -0.4 is 10.1 Å². The monoisotopic (exact) mass is 359 g/mol. The Hall–Kier alpha value is -3.47. The second-order valence-electron chi connectivity index (χ2n) is 6.77. The standard InChI is InChI=1S/C22H17NO4/c1-26-18-10-13(7-9-17(18)24)19-20-14-5-3-2-4-12(14)6-8-15(20)23-16-11-27-22(25)21(16)19/h2-11,19,21,23-24H,1H3/t19-,21-/m1/s1. The zero-order valence-corrected chi connectivity index (χ0v) is 14.6. The van der Waals surface area contributed by atoms with Crippen molar-refractivity contribution < 1.29 is 19.4 Å². The third-order valence-corrected chi connectivity index (χ3v) is 5.35. The van der Waals surface area contributed by atoms with Gasteiger partial charge in [-0.05, 0) is 40.1 Å². The van der Waals surface area contributed by atoms with Crippen molar-refractivity contribution in [3.63, 3.8) is 0 Å². The molecule has 0 bridgehead atoms. The SMILES string of the molecule is COc1cc([C@@H]2c3c(ccc4ccccc34)NC3=COC(=O)[C@H]32)ccc1O. The number of nitrogens with one attached hydrogen (secondary N) is 1. The van der Waals surface area contributed by atoms with Gasteiger partial charge in [0.1, 0.15) is 12.2 Å². The summed E-state index contributed by atoms with van der Waals surface area (Å²) in [5.41, 5.74) is 3.63. The molecule has 2 heterocycles. The van der Waals surface area contributed by atoms with Crippen LogP contribution in [0, 0.1) is 5.92 Å². The number of anilines is 1. The quantitative estimate of drug-likeness (QED) is 0.674. The Kier molecular flexibility index (Phi) is 3.37. The first-order valence-corrected chi connectivity index (χ1v) is 8.73. The van der Waals surface area contributed by atoms with Gasteiger partial charge in [0.2, 0.25) is 0 Å². The highest BCUT2D eigenvalue weighted by Gasteiger charge is 2.44. The molecule has 0 saturated carbocycles. The number of rotatable bonds is 2. The zero-order chi connectivity index (χ0) is 18.5. The van der Waals surface area contributed by atoms with E-state index >= 15 is 0 Å². The third-order valence-electron chi connectivity index (χ3n) is 5.35. The number of phenols is 1. The summed E-state index contributed by atoms with van der Waals surface area (Å²) >= 11 is 0. The molecule has 2 aliphatic heterocycles. The molecule has 0 fully saturated rings. The molecular weight excluding hydrogens is 342 g/mol. The smallest absolute Gasteiger partial charge is 0.320 e. The largest absolute Gasteiger partial charge is 0.504 e. The lowest BCUT2D eigenvalue weighted by Crippen LogP contribution is -2.29. The fourth-order valence-electron chi connectivity index (χ4n) is 4.13. The van der Waals surface area contributed by atoms with Crippen molar-refractivity contribution in [1.29, 1.82) is 0 Å². The van der Waals surface area contributed by atoms with Crippen LogP contribution in [0.25, 0.3) is 10.8 Å². The van der Waals surface area contributed by atoms with Crippen LogP contribution in [0.2, 0.25) is 0 Å². The van der Waals surface area contributed by atoms with E-state index in [1.807, 2.05) is 24.3 Å². The van der Waals surface area contributed by atoms with Crippen molar-refractivity contribution in [1.82, 2.24) is 0 Å². The number of fused-ring (bicyclic) bond motifs is 4. The van der Waals surface area contributed by atoms with Crippen LogP contribution in [0.1, 0.15) is 17.0 Å². The highest BCUT2D eigenvalue weighted by molar-refractivity contribution is 5.95. The average molecular weight is 359 g/mol. The number of methoxy groups -OCH3 is 1. The Morgan fingerprint density at radius 1 is 1.07 bits per heavy atom. The van der Waals surface area contributed by atoms with Crippen LogP contribution in [-0.4, -0.2) is 18.2 Å². The lowest BCUT2D eigenvalue weighted by molar-refractivity contribution is -0.139. The number of cyclic esters (lactones) is 1. The van der Waals surface area contributed by atoms with Crippen LogP contribution in [0.3, 0.4) is 0 Å². The number of aromatic hydroxyl groups is 1. The summed E-state index contributed by atoms with van der Waals surface area (Å²) in [4.78, 5) is 12.6. The lowest BCUT2D eigenvalue weighted by atomic mass is 9.75. The maximum absolute atomic E-state index is 12.6. The Labute approximate surface area is 155 Å². The fourth-order valence-corrected chi connectivity index (χ4v) is 4.13. The van der Waals surface area contributed by atoms with E-state index in [0.717, 1.165) is 33.3 Å². The Bertz CT molecular complexity index is 1120. The number of benzene rings is 3. The van der Waals surface area contributed by atoms with Gasteiger partial charge >= 0.3 is 5.97 Å². The molecule has 3 aromatic carbocycles. The summed E-state index contributed by atoms with van der Waals surface area (Å²) in [5.74, 6) is -0.545. The Morgan fingerprint density at radius 3 is 2.78 bits per heavy atom. The van der Waals surface area contributed by atoms with Gasteiger partial charge in [-0.2, -0.15) is 0 Å². The summed E-state index contributed by atoms with van der Waals surface area (Å²) in [6.07, 6.45) is 1.50. The summed E-state index contributed by atoms with van der Waals surface area (Å²) in [6.45, 7) is 0. The van der Waals surface area contributed by atoms with E-state index in [9.17, 15) is 9.90 Å². The number of carbonyl (C=O) groups excluding carboxylic acids is 1. The van der Waals surface area contributed by atoms with Gasteiger partial charge in [0.25, 0.3) is 0 Å².